The van der Waals surface area contributed by atoms with Gasteiger partial charge in [-0.25, -0.2) is 4.89 Å². The monoisotopic (exact) mass is 340 g/mol. The molecule has 1 unspecified atom stereocenters. The quantitative estimate of drug-likeness (QED) is 0.723. The van der Waals surface area contributed by atoms with Gasteiger partial charge in [0.05, 0.1) is 6.61 Å². The third-order valence-electron chi connectivity index (χ3n) is 7.15. The minimum absolute atomic E-state index is 0.218. The molecule has 4 aliphatic carbocycles. The predicted molar refractivity (Wildman–Crippen MR) is 96.6 cm³/mol. The minimum Gasteiger partial charge on any atom is -0.344 e. The van der Waals surface area contributed by atoms with Gasteiger partial charge in [-0.1, -0.05) is 30.3 Å². The summed E-state index contributed by atoms with van der Waals surface area (Å²) in [7, 11) is 0. The van der Waals surface area contributed by atoms with Crippen molar-refractivity contribution in [1.82, 2.24) is 0 Å². The summed E-state index contributed by atoms with van der Waals surface area (Å²) in [5.74, 6) is 2.33. The van der Waals surface area contributed by atoms with Gasteiger partial charge in [-0.15, -0.1) is 0 Å². The second-order valence-corrected chi connectivity index (χ2v) is 8.85. The smallest absolute Gasteiger partial charge is 0.207 e. The van der Waals surface area contributed by atoms with Gasteiger partial charge in [0.15, 0.2) is 0 Å². The van der Waals surface area contributed by atoms with E-state index in [0.717, 1.165) is 23.0 Å². The van der Waals surface area contributed by atoms with Crippen LogP contribution in [0.5, 0.6) is 0 Å². The average molecular weight is 340 g/mol. The van der Waals surface area contributed by atoms with E-state index >= 15 is 0 Å². The first kappa shape index (κ1) is 16.0. The molecular formula is C22H28O3. The van der Waals surface area contributed by atoms with Gasteiger partial charge >= 0.3 is 0 Å². The zero-order chi connectivity index (χ0) is 17.2. The highest BCUT2D eigenvalue weighted by molar-refractivity contribution is 5.69. The van der Waals surface area contributed by atoms with Crippen molar-refractivity contribution < 1.29 is 14.5 Å². The van der Waals surface area contributed by atoms with Gasteiger partial charge in [0.25, 0.3) is 0 Å². The summed E-state index contributed by atoms with van der Waals surface area (Å²) in [5.41, 5.74) is 4.59. The maximum absolute atomic E-state index is 6.45. The summed E-state index contributed by atoms with van der Waals surface area (Å²) in [5, 5.41) is 0. The van der Waals surface area contributed by atoms with Crippen molar-refractivity contribution in [2.45, 2.75) is 57.8 Å². The van der Waals surface area contributed by atoms with Gasteiger partial charge < -0.3 is 4.74 Å². The molecule has 5 aliphatic rings. The highest BCUT2D eigenvalue weighted by Gasteiger charge is 2.61. The number of ether oxygens (including phenoxy) is 1. The molecule has 4 bridgehead atoms. The highest BCUT2D eigenvalue weighted by atomic mass is 17.2. The first-order valence-electron chi connectivity index (χ1n) is 9.80. The van der Waals surface area contributed by atoms with E-state index in [1.807, 2.05) is 0 Å². The molecule has 0 N–H and O–H groups in total. The summed E-state index contributed by atoms with van der Waals surface area (Å²) in [6, 6.07) is 6.44. The number of hydrogen-bond donors (Lipinski definition) is 0. The molecule has 3 heteroatoms. The normalized spacial score (nSPS) is 42.1. The summed E-state index contributed by atoms with van der Waals surface area (Å²) >= 11 is 0. The molecule has 1 spiro atoms. The Balaban J connectivity index is 1.32. The van der Waals surface area contributed by atoms with Gasteiger partial charge in [-0.05, 0) is 74.5 Å². The molecule has 1 aliphatic heterocycles. The van der Waals surface area contributed by atoms with Crippen molar-refractivity contribution in [2.75, 3.05) is 6.61 Å². The van der Waals surface area contributed by atoms with Crippen LogP contribution in [0.1, 0.15) is 48.8 Å². The summed E-state index contributed by atoms with van der Waals surface area (Å²) in [4.78, 5) is 12.0. The van der Waals surface area contributed by atoms with Crippen LogP contribution in [0, 0.1) is 37.5 Å². The molecule has 134 valence electrons. The van der Waals surface area contributed by atoms with E-state index in [0.29, 0.717) is 18.4 Å². The van der Waals surface area contributed by atoms with Gasteiger partial charge in [-0.3, -0.25) is 0 Å². The van der Waals surface area contributed by atoms with Gasteiger partial charge in [-0.2, -0.15) is 4.89 Å². The third kappa shape index (κ3) is 2.43. The molecule has 5 fully saturated rings. The van der Waals surface area contributed by atoms with Crippen molar-refractivity contribution in [1.29, 1.82) is 0 Å². The van der Waals surface area contributed by atoms with Gasteiger partial charge in [0.2, 0.25) is 5.79 Å². The first-order valence-corrected chi connectivity index (χ1v) is 9.80. The lowest BCUT2D eigenvalue weighted by atomic mass is 9.53. The van der Waals surface area contributed by atoms with Crippen molar-refractivity contribution >= 4 is 5.57 Å². The maximum Gasteiger partial charge on any atom is 0.207 e. The van der Waals surface area contributed by atoms with E-state index in [4.69, 9.17) is 14.5 Å². The lowest BCUT2D eigenvalue weighted by molar-refractivity contribution is -0.517. The van der Waals surface area contributed by atoms with Crippen LogP contribution in [0.4, 0.5) is 0 Å². The van der Waals surface area contributed by atoms with E-state index in [-0.39, 0.29) is 6.10 Å². The maximum atomic E-state index is 6.45. The fraction of sp³-hybridized carbons (Fsp3) is 0.636. The second kappa shape index (κ2) is 5.67. The number of rotatable bonds is 2. The molecule has 25 heavy (non-hydrogen) atoms. The molecule has 1 atom stereocenters. The molecule has 1 aromatic rings. The number of aryl methyl sites for hydroxylation is 2. The fourth-order valence-corrected chi connectivity index (χ4v) is 6.11. The number of hydrogen-bond acceptors (Lipinski definition) is 3. The van der Waals surface area contributed by atoms with Crippen LogP contribution in [0.3, 0.4) is 0 Å². The Morgan fingerprint density at radius 1 is 1.04 bits per heavy atom. The second-order valence-electron chi connectivity index (χ2n) is 8.85. The lowest BCUT2D eigenvalue weighted by Crippen LogP contribution is -2.63. The van der Waals surface area contributed by atoms with Crippen LogP contribution in [-0.2, 0) is 14.5 Å². The van der Waals surface area contributed by atoms with E-state index in [1.54, 1.807) is 0 Å². The first-order chi connectivity index (χ1) is 12.0. The molecule has 1 saturated heterocycles. The standard InChI is InChI=1S/C22H28O3/c1-13-4-5-20(14(2)6-13)15(3)21-12-23-22(25-24-21)18-8-16-7-17(10-18)11-19(22)9-16/h4-6,16-19,21H,3,7-12H2,1-2H3. The minimum atomic E-state index is -0.480. The molecule has 1 heterocycles. The molecular weight excluding hydrogens is 312 g/mol. The van der Waals surface area contributed by atoms with Crippen molar-refractivity contribution in [2.24, 2.45) is 23.7 Å². The Morgan fingerprint density at radius 3 is 2.28 bits per heavy atom. The molecule has 6 rings (SSSR count). The van der Waals surface area contributed by atoms with E-state index in [9.17, 15) is 0 Å². The van der Waals surface area contributed by atoms with Crippen molar-refractivity contribution in [3.63, 3.8) is 0 Å². The zero-order valence-electron chi connectivity index (χ0n) is 15.3. The Morgan fingerprint density at radius 2 is 1.72 bits per heavy atom. The van der Waals surface area contributed by atoms with Crippen molar-refractivity contribution in [3.05, 3.63) is 41.5 Å². The van der Waals surface area contributed by atoms with E-state index in [2.05, 4.69) is 38.6 Å². The zero-order valence-corrected chi connectivity index (χ0v) is 15.3. The third-order valence-corrected chi connectivity index (χ3v) is 7.15. The van der Waals surface area contributed by atoms with Crippen LogP contribution in [0.15, 0.2) is 24.8 Å². The van der Waals surface area contributed by atoms with Crippen LogP contribution in [0.2, 0.25) is 0 Å². The Hall–Kier alpha value is -1.16. The van der Waals surface area contributed by atoms with Gasteiger partial charge in [0, 0.05) is 11.8 Å². The summed E-state index contributed by atoms with van der Waals surface area (Å²) in [6.45, 7) is 9.06. The van der Waals surface area contributed by atoms with E-state index < -0.39 is 5.79 Å². The van der Waals surface area contributed by atoms with Crippen molar-refractivity contribution in [3.8, 4) is 0 Å². The summed E-state index contributed by atoms with van der Waals surface area (Å²) < 4.78 is 6.45. The fourth-order valence-electron chi connectivity index (χ4n) is 6.11. The average Bonchev–Trinajstić information content (AvgIpc) is 2.59. The SMILES string of the molecule is C=C(c1ccc(C)cc1C)C1COC2(OO1)C1CC3CC(C1)CC2C3. The lowest BCUT2D eigenvalue weighted by Gasteiger charge is -2.60. The Labute approximate surface area is 150 Å². The Kier molecular flexibility index (Phi) is 3.64. The van der Waals surface area contributed by atoms with Crippen LogP contribution >= 0.6 is 0 Å². The van der Waals surface area contributed by atoms with Crippen LogP contribution in [-0.4, -0.2) is 18.5 Å². The molecule has 0 aromatic heterocycles. The number of benzene rings is 1. The van der Waals surface area contributed by atoms with E-state index in [1.165, 1.54) is 43.2 Å². The summed E-state index contributed by atoms with van der Waals surface area (Å²) in [6.07, 6.45) is 6.20. The molecule has 1 aromatic carbocycles. The molecule has 0 amide bonds. The molecule has 4 saturated carbocycles. The predicted octanol–water partition coefficient (Wildman–Crippen LogP) is 4.82. The molecule has 0 radical (unpaired) electrons. The molecule has 3 nitrogen and oxygen atoms in total. The Bertz CT molecular complexity index is 669. The highest BCUT2D eigenvalue weighted by Crippen LogP contribution is 2.60. The van der Waals surface area contributed by atoms with Crippen LogP contribution in [0.25, 0.3) is 5.57 Å². The van der Waals surface area contributed by atoms with Gasteiger partial charge in [0.1, 0.15) is 6.10 Å². The van der Waals surface area contributed by atoms with Crippen LogP contribution < -0.4 is 0 Å². The topological polar surface area (TPSA) is 27.7 Å². The largest absolute Gasteiger partial charge is 0.344 e.